The van der Waals surface area contributed by atoms with Crippen molar-refractivity contribution in [3.63, 3.8) is 0 Å². The number of primary amides is 1. The number of rotatable bonds is 8. The zero-order valence-electron chi connectivity index (χ0n) is 12.7. The molecule has 0 radical (unpaired) electrons. The lowest BCUT2D eigenvalue weighted by molar-refractivity contribution is 0.1000. The van der Waals surface area contributed by atoms with Crippen LogP contribution in [0.5, 0.6) is 0 Å². The molecule has 110 valence electrons. The van der Waals surface area contributed by atoms with Crippen molar-refractivity contribution in [2.75, 3.05) is 0 Å². The standard InChI is InChI=1S/C18H27NO/c1-2-3-4-5-6-7-8-14-11-15-9-10-16(18(19)20)13-17(15)12-14/h9-10,13-14H,2-8,11-12H2,1H3,(H2,19,20). The van der Waals surface area contributed by atoms with Gasteiger partial charge in [-0.1, -0.05) is 51.5 Å². The van der Waals surface area contributed by atoms with Crippen molar-refractivity contribution in [2.45, 2.75) is 64.7 Å². The fraction of sp³-hybridized carbons (Fsp3) is 0.611. The predicted octanol–water partition coefficient (Wildman–Crippen LogP) is 4.25. The van der Waals surface area contributed by atoms with Gasteiger partial charge in [0.05, 0.1) is 0 Å². The number of carbonyl (C=O) groups is 1. The van der Waals surface area contributed by atoms with Crippen molar-refractivity contribution >= 4 is 5.91 Å². The lowest BCUT2D eigenvalue weighted by Gasteiger charge is -2.08. The van der Waals surface area contributed by atoms with Crippen LogP contribution in [0.3, 0.4) is 0 Å². The number of amides is 1. The van der Waals surface area contributed by atoms with E-state index < -0.39 is 0 Å². The Morgan fingerprint density at radius 1 is 1.10 bits per heavy atom. The van der Waals surface area contributed by atoms with Crippen LogP contribution < -0.4 is 5.73 Å². The van der Waals surface area contributed by atoms with Gasteiger partial charge in [0, 0.05) is 5.56 Å². The molecule has 0 bridgehead atoms. The van der Waals surface area contributed by atoms with Gasteiger partial charge in [0.1, 0.15) is 0 Å². The molecule has 0 fully saturated rings. The molecule has 1 aliphatic rings. The van der Waals surface area contributed by atoms with Gasteiger partial charge in [-0.2, -0.15) is 0 Å². The molecule has 2 N–H and O–H groups in total. The molecule has 2 heteroatoms. The van der Waals surface area contributed by atoms with Gasteiger partial charge in [0.15, 0.2) is 0 Å². The maximum Gasteiger partial charge on any atom is 0.248 e. The van der Waals surface area contributed by atoms with Gasteiger partial charge in [0.2, 0.25) is 5.91 Å². The first-order valence-corrected chi connectivity index (χ1v) is 8.12. The molecular weight excluding hydrogens is 246 g/mol. The third-order valence-electron chi connectivity index (χ3n) is 4.47. The minimum absolute atomic E-state index is 0.313. The fourth-order valence-electron chi connectivity index (χ4n) is 3.28. The van der Waals surface area contributed by atoms with Crippen LogP contribution in [-0.4, -0.2) is 5.91 Å². The van der Waals surface area contributed by atoms with Gasteiger partial charge < -0.3 is 5.73 Å². The van der Waals surface area contributed by atoms with Gasteiger partial charge in [-0.25, -0.2) is 0 Å². The number of fused-ring (bicyclic) bond motifs is 1. The Balaban J connectivity index is 1.74. The third-order valence-corrected chi connectivity index (χ3v) is 4.47. The molecule has 1 amide bonds. The molecule has 0 saturated heterocycles. The highest BCUT2D eigenvalue weighted by molar-refractivity contribution is 5.93. The molecule has 0 saturated carbocycles. The zero-order chi connectivity index (χ0) is 14.4. The number of hydrogen-bond acceptors (Lipinski definition) is 1. The van der Waals surface area contributed by atoms with Crippen molar-refractivity contribution in [2.24, 2.45) is 11.7 Å². The van der Waals surface area contributed by atoms with Crippen LogP contribution in [0.25, 0.3) is 0 Å². The zero-order valence-corrected chi connectivity index (χ0v) is 12.7. The lowest BCUT2D eigenvalue weighted by atomic mass is 9.97. The van der Waals surface area contributed by atoms with E-state index in [-0.39, 0.29) is 5.91 Å². The Hall–Kier alpha value is -1.31. The predicted molar refractivity (Wildman–Crippen MR) is 83.9 cm³/mol. The van der Waals surface area contributed by atoms with E-state index in [1.165, 1.54) is 62.5 Å². The molecule has 0 aliphatic heterocycles. The summed E-state index contributed by atoms with van der Waals surface area (Å²) in [6.45, 7) is 2.26. The second kappa shape index (κ2) is 7.47. The molecule has 20 heavy (non-hydrogen) atoms. The van der Waals surface area contributed by atoms with Crippen LogP contribution in [0.4, 0.5) is 0 Å². The highest BCUT2D eigenvalue weighted by Gasteiger charge is 2.21. The number of unbranched alkanes of at least 4 members (excludes halogenated alkanes) is 5. The first kappa shape index (κ1) is 15.1. The highest BCUT2D eigenvalue weighted by atomic mass is 16.1. The molecule has 1 aromatic carbocycles. The van der Waals surface area contributed by atoms with E-state index in [1.807, 2.05) is 12.1 Å². The average molecular weight is 273 g/mol. The summed E-state index contributed by atoms with van der Waals surface area (Å²) in [6, 6.07) is 5.96. The maximum atomic E-state index is 11.2. The van der Waals surface area contributed by atoms with Crippen LogP contribution in [-0.2, 0) is 12.8 Å². The molecular formula is C18H27NO. The third kappa shape index (κ3) is 4.09. The molecule has 2 rings (SSSR count). The molecule has 1 aliphatic carbocycles. The van der Waals surface area contributed by atoms with Gasteiger partial charge in [-0.05, 0) is 48.4 Å². The smallest absolute Gasteiger partial charge is 0.248 e. The number of hydrogen-bond donors (Lipinski definition) is 1. The van der Waals surface area contributed by atoms with E-state index in [9.17, 15) is 4.79 Å². The molecule has 0 heterocycles. The van der Waals surface area contributed by atoms with E-state index in [0.29, 0.717) is 5.56 Å². The van der Waals surface area contributed by atoms with Crippen LogP contribution in [0.2, 0.25) is 0 Å². The summed E-state index contributed by atoms with van der Waals surface area (Å²) in [7, 11) is 0. The Morgan fingerprint density at radius 2 is 1.80 bits per heavy atom. The molecule has 1 atom stereocenters. The van der Waals surface area contributed by atoms with Crippen LogP contribution >= 0.6 is 0 Å². The van der Waals surface area contributed by atoms with Gasteiger partial charge in [-0.3, -0.25) is 4.79 Å². The molecule has 1 aromatic rings. The quantitative estimate of drug-likeness (QED) is 0.707. The Bertz CT molecular complexity index is 453. The summed E-state index contributed by atoms with van der Waals surface area (Å²) in [6.07, 6.45) is 11.8. The van der Waals surface area contributed by atoms with Crippen LogP contribution in [0.1, 0.15) is 73.4 Å². The van der Waals surface area contributed by atoms with E-state index >= 15 is 0 Å². The molecule has 2 nitrogen and oxygen atoms in total. The first-order chi connectivity index (χ1) is 9.70. The highest BCUT2D eigenvalue weighted by Crippen LogP contribution is 2.30. The summed E-state index contributed by atoms with van der Waals surface area (Å²) in [4.78, 5) is 11.2. The van der Waals surface area contributed by atoms with Gasteiger partial charge in [-0.15, -0.1) is 0 Å². The molecule has 1 unspecified atom stereocenters. The maximum absolute atomic E-state index is 11.2. The number of benzene rings is 1. The van der Waals surface area contributed by atoms with Crippen molar-refractivity contribution in [1.29, 1.82) is 0 Å². The van der Waals surface area contributed by atoms with Crippen molar-refractivity contribution < 1.29 is 4.79 Å². The SMILES string of the molecule is CCCCCCCCC1Cc2ccc(C(N)=O)cc2C1. The summed E-state index contributed by atoms with van der Waals surface area (Å²) < 4.78 is 0. The average Bonchev–Trinajstić information content (AvgIpc) is 2.84. The van der Waals surface area contributed by atoms with Gasteiger partial charge in [0.25, 0.3) is 0 Å². The van der Waals surface area contributed by atoms with Crippen LogP contribution in [0.15, 0.2) is 18.2 Å². The number of nitrogens with two attached hydrogens (primary N) is 1. The Kier molecular flexibility index (Phi) is 5.63. The largest absolute Gasteiger partial charge is 0.366 e. The summed E-state index contributed by atoms with van der Waals surface area (Å²) in [5.74, 6) is 0.464. The molecule has 0 spiro atoms. The monoisotopic (exact) mass is 273 g/mol. The minimum Gasteiger partial charge on any atom is -0.366 e. The number of carbonyl (C=O) groups excluding carboxylic acids is 1. The van der Waals surface area contributed by atoms with E-state index in [1.54, 1.807) is 0 Å². The van der Waals surface area contributed by atoms with E-state index in [4.69, 9.17) is 5.73 Å². The van der Waals surface area contributed by atoms with Crippen molar-refractivity contribution in [1.82, 2.24) is 0 Å². The Morgan fingerprint density at radius 3 is 2.55 bits per heavy atom. The normalized spacial score (nSPS) is 17.1. The first-order valence-electron chi connectivity index (χ1n) is 8.12. The van der Waals surface area contributed by atoms with Gasteiger partial charge >= 0.3 is 0 Å². The Labute approximate surface area is 122 Å². The summed E-state index contributed by atoms with van der Waals surface area (Å²) in [5, 5.41) is 0. The lowest BCUT2D eigenvalue weighted by Crippen LogP contribution is -2.11. The minimum atomic E-state index is -0.313. The van der Waals surface area contributed by atoms with Crippen LogP contribution in [0, 0.1) is 5.92 Å². The second-order valence-corrected chi connectivity index (χ2v) is 6.18. The van der Waals surface area contributed by atoms with Crippen molar-refractivity contribution in [3.8, 4) is 0 Å². The second-order valence-electron chi connectivity index (χ2n) is 6.18. The molecule has 0 aromatic heterocycles. The van der Waals surface area contributed by atoms with E-state index in [0.717, 1.165) is 12.3 Å². The van der Waals surface area contributed by atoms with E-state index in [2.05, 4.69) is 13.0 Å². The fourth-order valence-corrected chi connectivity index (χ4v) is 3.28. The summed E-state index contributed by atoms with van der Waals surface area (Å²) >= 11 is 0. The van der Waals surface area contributed by atoms with Crippen molar-refractivity contribution in [3.05, 3.63) is 34.9 Å². The summed E-state index contributed by atoms with van der Waals surface area (Å²) in [5.41, 5.74) is 8.77. The topological polar surface area (TPSA) is 43.1 Å².